The molecule has 0 spiro atoms. The van der Waals surface area contributed by atoms with Gasteiger partial charge in [0.2, 0.25) is 0 Å². The zero-order valence-electron chi connectivity index (χ0n) is 9.71. The van der Waals surface area contributed by atoms with Crippen LogP contribution in [0.5, 0.6) is 0 Å². The molecular formula is C12H25NS. The number of thiol groups is 1. The molecule has 0 aromatic rings. The summed E-state index contributed by atoms with van der Waals surface area (Å²) in [5.74, 6) is 2.82. The summed E-state index contributed by atoms with van der Waals surface area (Å²) >= 11 is 4.44. The van der Waals surface area contributed by atoms with Crippen molar-refractivity contribution in [1.29, 1.82) is 0 Å². The van der Waals surface area contributed by atoms with E-state index in [2.05, 4.69) is 31.4 Å². The molecule has 1 aliphatic heterocycles. The third-order valence-corrected chi connectivity index (χ3v) is 3.86. The van der Waals surface area contributed by atoms with Crippen molar-refractivity contribution in [2.24, 2.45) is 11.8 Å². The van der Waals surface area contributed by atoms with Crippen LogP contribution in [0.4, 0.5) is 0 Å². The normalized spacial score (nSPS) is 22.5. The summed E-state index contributed by atoms with van der Waals surface area (Å²) in [6, 6.07) is 0. The summed E-state index contributed by atoms with van der Waals surface area (Å²) in [6.45, 7) is 8.56. The Morgan fingerprint density at radius 3 is 2.50 bits per heavy atom. The summed E-state index contributed by atoms with van der Waals surface area (Å²) in [5.41, 5.74) is 0. The lowest BCUT2D eigenvalue weighted by atomic mass is 9.97. The molecule has 1 unspecified atom stereocenters. The van der Waals surface area contributed by atoms with Gasteiger partial charge in [-0.05, 0) is 49.9 Å². The Labute approximate surface area is 94.7 Å². The zero-order valence-corrected chi connectivity index (χ0v) is 10.6. The van der Waals surface area contributed by atoms with Crippen molar-refractivity contribution >= 4 is 12.6 Å². The Morgan fingerprint density at radius 1 is 1.36 bits per heavy atom. The molecule has 1 rings (SSSR count). The monoisotopic (exact) mass is 215 g/mol. The highest BCUT2D eigenvalue weighted by Gasteiger charge is 2.18. The molecule has 0 radical (unpaired) electrons. The van der Waals surface area contributed by atoms with Crippen molar-refractivity contribution in [2.45, 2.75) is 39.5 Å². The molecule has 0 amide bonds. The fourth-order valence-corrected chi connectivity index (χ4v) is 2.56. The average molecular weight is 215 g/mol. The summed E-state index contributed by atoms with van der Waals surface area (Å²) in [4.78, 5) is 2.64. The van der Waals surface area contributed by atoms with E-state index in [0.29, 0.717) is 0 Å². The van der Waals surface area contributed by atoms with Gasteiger partial charge in [-0.2, -0.15) is 12.6 Å². The molecule has 1 fully saturated rings. The van der Waals surface area contributed by atoms with Gasteiger partial charge in [-0.1, -0.05) is 20.3 Å². The van der Waals surface area contributed by atoms with Crippen LogP contribution in [0.15, 0.2) is 0 Å². The minimum Gasteiger partial charge on any atom is -0.303 e. The molecule has 1 nitrogen and oxygen atoms in total. The van der Waals surface area contributed by atoms with Crippen LogP contribution in [0.1, 0.15) is 39.5 Å². The summed E-state index contributed by atoms with van der Waals surface area (Å²) in [6.07, 6.45) is 5.43. The number of rotatable bonds is 5. The van der Waals surface area contributed by atoms with Crippen LogP contribution in [0.25, 0.3) is 0 Å². The van der Waals surface area contributed by atoms with Crippen LogP contribution in [0.2, 0.25) is 0 Å². The van der Waals surface area contributed by atoms with Crippen molar-refractivity contribution in [3.8, 4) is 0 Å². The van der Waals surface area contributed by atoms with E-state index in [1.807, 2.05) is 0 Å². The van der Waals surface area contributed by atoms with Gasteiger partial charge in [-0.25, -0.2) is 0 Å². The van der Waals surface area contributed by atoms with Crippen LogP contribution in [-0.4, -0.2) is 30.3 Å². The van der Waals surface area contributed by atoms with Gasteiger partial charge in [-0.3, -0.25) is 0 Å². The maximum atomic E-state index is 4.44. The molecule has 1 saturated heterocycles. The van der Waals surface area contributed by atoms with Crippen LogP contribution < -0.4 is 0 Å². The molecule has 1 heterocycles. The predicted octanol–water partition coefficient (Wildman–Crippen LogP) is 3.06. The van der Waals surface area contributed by atoms with Crippen LogP contribution >= 0.6 is 12.6 Å². The van der Waals surface area contributed by atoms with Crippen LogP contribution in [0.3, 0.4) is 0 Å². The Morgan fingerprint density at radius 2 is 2.00 bits per heavy atom. The first kappa shape index (κ1) is 12.4. The van der Waals surface area contributed by atoms with Gasteiger partial charge in [0.15, 0.2) is 0 Å². The number of hydrogen-bond donors (Lipinski definition) is 1. The molecule has 0 N–H and O–H groups in total. The molecule has 0 saturated carbocycles. The summed E-state index contributed by atoms with van der Waals surface area (Å²) in [5, 5.41) is 0. The largest absolute Gasteiger partial charge is 0.303 e. The second kappa shape index (κ2) is 6.73. The van der Waals surface area contributed by atoms with Gasteiger partial charge in [0.25, 0.3) is 0 Å². The molecule has 84 valence electrons. The van der Waals surface area contributed by atoms with E-state index in [0.717, 1.165) is 17.6 Å². The van der Waals surface area contributed by atoms with E-state index >= 15 is 0 Å². The van der Waals surface area contributed by atoms with Gasteiger partial charge in [0, 0.05) is 6.54 Å². The molecule has 2 heteroatoms. The number of piperidine rings is 1. The van der Waals surface area contributed by atoms with Gasteiger partial charge in [-0.15, -0.1) is 0 Å². The molecule has 0 aromatic carbocycles. The smallest absolute Gasteiger partial charge is 0.00175 e. The average Bonchev–Trinajstić information content (AvgIpc) is 2.20. The van der Waals surface area contributed by atoms with E-state index in [1.54, 1.807) is 0 Å². The second-order valence-electron chi connectivity index (χ2n) is 4.82. The molecule has 1 aliphatic rings. The van der Waals surface area contributed by atoms with Gasteiger partial charge < -0.3 is 4.90 Å². The zero-order chi connectivity index (χ0) is 10.4. The minimum absolute atomic E-state index is 0.816. The minimum atomic E-state index is 0.816. The Bertz CT molecular complexity index is 141. The first-order valence-corrected chi connectivity index (χ1v) is 6.72. The third-order valence-electron chi connectivity index (χ3n) is 3.35. The first-order valence-electron chi connectivity index (χ1n) is 6.09. The topological polar surface area (TPSA) is 3.24 Å². The van der Waals surface area contributed by atoms with Crippen LogP contribution in [-0.2, 0) is 0 Å². The van der Waals surface area contributed by atoms with E-state index in [9.17, 15) is 0 Å². The highest BCUT2D eigenvalue weighted by Crippen LogP contribution is 2.18. The SMILES string of the molecule is CCCC(CS)CN1CCC(C)CC1. The van der Waals surface area contributed by atoms with Crippen molar-refractivity contribution in [3.63, 3.8) is 0 Å². The molecular weight excluding hydrogens is 190 g/mol. The van der Waals surface area contributed by atoms with E-state index in [1.165, 1.54) is 45.3 Å². The van der Waals surface area contributed by atoms with Gasteiger partial charge in [0.1, 0.15) is 0 Å². The predicted molar refractivity (Wildman–Crippen MR) is 67.1 cm³/mol. The lowest BCUT2D eigenvalue weighted by molar-refractivity contribution is 0.169. The van der Waals surface area contributed by atoms with Crippen molar-refractivity contribution in [2.75, 3.05) is 25.4 Å². The molecule has 14 heavy (non-hydrogen) atoms. The third kappa shape index (κ3) is 4.22. The standard InChI is InChI=1S/C12H25NS/c1-3-4-12(10-14)9-13-7-5-11(2)6-8-13/h11-12,14H,3-10H2,1-2H3. The quantitative estimate of drug-likeness (QED) is 0.690. The number of hydrogen-bond acceptors (Lipinski definition) is 2. The van der Waals surface area contributed by atoms with Crippen molar-refractivity contribution < 1.29 is 0 Å². The molecule has 0 aromatic heterocycles. The number of nitrogens with zero attached hydrogens (tertiary/aromatic N) is 1. The summed E-state index contributed by atoms with van der Waals surface area (Å²) in [7, 11) is 0. The van der Waals surface area contributed by atoms with E-state index < -0.39 is 0 Å². The summed E-state index contributed by atoms with van der Waals surface area (Å²) < 4.78 is 0. The lowest BCUT2D eigenvalue weighted by Gasteiger charge is -2.32. The van der Waals surface area contributed by atoms with E-state index in [4.69, 9.17) is 0 Å². The van der Waals surface area contributed by atoms with Crippen molar-refractivity contribution in [3.05, 3.63) is 0 Å². The van der Waals surface area contributed by atoms with E-state index in [-0.39, 0.29) is 0 Å². The Balaban J connectivity index is 2.21. The van der Waals surface area contributed by atoms with Gasteiger partial charge >= 0.3 is 0 Å². The fraction of sp³-hybridized carbons (Fsp3) is 1.00. The molecule has 0 aliphatic carbocycles. The maximum Gasteiger partial charge on any atom is 0.00175 e. The van der Waals surface area contributed by atoms with Gasteiger partial charge in [0.05, 0.1) is 0 Å². The Kier molecular flexibility index (Phi) is 5.95. The van der Waals surface area contributed by atoms with Crippen LogP contribution in [0, 0.1) is 11.8 Å². The molecule has 1 atom stereocenters. The Hall–Kier alpha value is 0.310. The fourth-order valence-electron chi connectivity index (χ4n) is 2.26. The van der Waals surface area contributed by atoms with Crippen molar-refractivity contribution in [1.82, 2.24) is 4.90 Å². The number of likely N-dealkylation sites (tertiary alicyclic amines) is 1. The maximum absolute atomic E-state index is 4.44. The highest BCUT2D eigenvalue weighted by atomic mass is 32.1. The first-order chi connectivity index (χ1) is 6.76. The molecule has 0 bridgehead atoms. The highest BCUT2D eigenvalue weighted by molar-refractivity contribution is 7.80. The second-order valence-corrected chi connectivity index (χ2v) is 5.19. The lowest BCUT2D eigenvalue weighted by Crippen LogP contribution is -2.37.